The van der Waals surface area contributed by atoms with Crippen molar-refractivity contribution in [1.82, 2.24) is 9.38 Å². The molecule has 0 radical (unpaired) electrons. The zero-order valence-corrected chi connectivity index (χ0v) is 14.8. The second-order valence-corrected chi connectivity index (χ2v) is 6.02. The summed E-state index contributed by atoms with van der Waals surface area (Å²) in [7, 11) is 1.48. The largest absolute Gasteiger partial charge is 0.496 e. The van der Waals surface area contributed by atoms with Crippen molar-refractivity contribution in [2.45, 2.75) is 0 Å². The van der Waals surface area contributed by atoms with Crippen LogP contribution in [-0.2, 0) is 0 Å². The number of carbonyl (C=O) groups excluding carboxylic acids is 1. The molecule has 140 valence electrons. The minimum Gasteiger partial charge on any atom is -0.496 e. The van der Waals surface area contributed by atoms with E-state index >= 15 is 0 Å². The fourth-order valence-electron chi connectivity index (χ4n) is 2.97. The number of ether oxygens (including phenoxy) is 1. The molecular formula is C21H15F2N3O2. The van der Waals surface area contributed by atoms with Crippen molar-refractivity contribution in [3.05, 3.63) is 84.1 Å². The van der Waals surface area contributed by atoms with E-state index in [0.717, 1.165) is 12.1 Å². The van der Waals surface area contributed by atoms with E-state index < -0.39 is 17.5 Å². The molecule has 28 heavy (non-hydrogen) atoms. The number of rotatable bonds is 4. The van der Waals surface area contributed by atoms with Crippen molar-refractivity contribution in [2.24, 2.45) is 0 Å². The molecular weight excluding hydrogens is 364 g/mol. The highest BCUT2D eigenvalue weighted by Gasteiger charge is 2.20. The molecule has 0 unspecified atom stereocenters. The lowest BCUT2D eigenvalue weighted by molar-refractivity contribution is 0.102. The highest BCUT2D eigenvalue weighted by molar-refractivity contribution is 6.07. The molecule has 0 aliphatic rings. The third-order valence-electron chi connectivity index (χ3n) is 4.31. The summed E-state index contributed by atoms with van der Waals surface area (Å²) < 4.78 is 34.0. The van der Waals surface area contributed by atoms with E-state index in [1.165, 1.54) is 13.2 Å². The number of nitrogens with one attached hydrogen (secondary N) is 1. The van der Waals surface area contributed by atoms with Gasteiger partial charge in [0.05, 0.1) is 12.7 Å². The third kappa shape index (κ3) is 3.07. The predicted octanol–water partition coefficient (Wildman–Crippen LogP) is 4.54. The van der Waals surface area contributed by atoms with Crippen LogP contribution < -0.4 is 10.1 Å². The molecule has 2 heterocycles. The molecule has 0 fully saturated rings. The molecule has 5 nitrogen and oxygen atoms in total. The van der Waals surface area contributed by atoms with Crippen molar-refractivity contribution in [3.63, 3.8) is 0 Å². The second kappa shape index (κ2) is 7.11. The molecule has 0 saturated carbocycles. The first-order valence-electron chi connectivity index (χ1n) is 8.45. The Morgan fingerprint density at radius 2 is 1.82 bits per heavy atom. The summed E-state index contributed by atoms with van der Waals surface area (Å²) in [6.45, 7) is 0. The lowest BCUT2D eigenvalue weighted by Crippen LogP contribution is -2.15. The van der Waals surface area contributed by atoms with Crippen LogP contribution >= 0.6 is 0 Å². The van der Waals surface area contributed by atoms with Crippen molar-refractivity contribution in [1.29, 1.82) is 0 Å². The van der Waals surface area contributed by atoms with E-state index in [4.69, 9.17) is 4.74 Å². The number of anilines is 1. The summed E-state index contributed by atoms with van der Waals surface area (Å²) in [5, 5.41) is 2.82. The van der Waals surface area contributed by atoms with Crippen LogP contribution in [0.3, 0.4) is 0 Å². The Hall–Kier alpha value is -3.74. The molecule has 0 aliphatic carbocycles. The van der Waals surface area contributed by atoms with Crippen LogP contribution in [0.15, 0.2) is 66.9 Å². The van der Waals surface area contributed by atoms with E-state index in [0.29, 0.717) is 34.0 Å². The molecule has 1 N–H and O–H groups in total. The van der Waals surface area contributed by atoms with Crippen LogP contribution in [0.1, 0.15) is 10.4 Å². The number of para-hydroxylation sites is 1. The number of hydrogen-bond acceptors (Lipinski definition) is 3. The van der Waals surface area contributed by atoms with Crippen LogP contribution in [-0.4, -0.2) is 22.4 Å². The summed E-state index contributed by atoms with van der Waals surface area (Å²) in [6, 6.07) is 15.6. The number of pyridine rings is 1. The Bertz CT molecular complexity index is 1190. The van der Waals surface area contributed by atoms with Gasteiger partial charge in [0.1, 0.15) is 22.9 Å². The molecule has 0 atom stereocenters. The highest BCUT2D eigenvalue weighted by Crippen LogP contribution is 2.30. The van der Waals surface area contributed by atoms with E-state index in [1.807, 2.05) is 0 Å². The summed E-state index contributed by atoms with van der Waals surface area (Å²) in [5.41, 5.74) is 1.57. The lowest BCUT2D eigenvalue weighted by atomic mass is 10.1. The highest BCUT2D eigenvalue weighted by atomic mass is 19.2. The van der Waals surface area contributed by atoms with Gasteiger partial charge in [-0.3, -0.25) is 9.20 Å². The van der Waals surface area contributed by atoms with Crippen LogP contribution in [0.2, 0.25) is 0 Å². The summed E-state index contributed by atoms with van der Waals surface area (Å²) in [5.74, 6) is -1.59. The summed E-state index contributed by atoms with van der Waals surface area (Å²) in [4.78, 5) is 17.3. The smallest absolute Gasteiger partial charge is 0.260 e. The molecule has 4 aromatic rings. The van der Waals surface area contributed by atoms with Gasteiger partial charge in [0.2, 0.25) is 0 Å². The van der Waals surface area contributed by atoms with E-state index in [9.17, 15) is 13.6 Å². The van der Waals surface area contributed by atoms with Crippen LogP contribution in [0, 0.1) is 11.6 Å². The molecule has 1 amide bonds. The van der Waals surface area contributed by atoms with Crippen LogP contribution in [0.4, 0.5) is 14.6 Å². The Morgan fingerprint density at radius 1 is 1.04 bits per heavy atom. The first kappa shape index (κ1) is 17.7. The first-order chi connectivity index (χ1) is 13.6. The molecule has 2 aromatic heterocycles. The van der Waals surface area contributed by atoms with Gasteiger partial charge in [0, 0.05) is 11.8 Å². The van der Waals surface area contributed by atoms with E-state index in [-0.39, 0.29) is 0 Å². The van der Waals surface area contributed by atoms with Gasteiger partial charge in [0.25, 0.3) is 5.91 Å². The number of halogens is 2. The zero-order chi connectivity index (χ0) is 19.7. The number of hydrogen-bond donors (Lipinski definition) is 1. The standard InChI is InChI=1S/C21H15F2N3O2/c1-28-17-7-3-2-6-14(17)21(27)25-20-19(13-9-10-15(22)16(23)12-13)24-18-8-4-5-11-26(18)20/h2-12H,1H3,(H,25,27). The van der Waals surface area contributed by atoms with Gasteiger partial charge in [-0.05, 0) is 42.5 Å². The van der Waals surface area contributed by atoms with Gasteiger partial charge < -0.3 is 10.1 Å². The Morgan fingerprint density at radius 3 is 2.61 bits per heavy atom. The number of fused-ring (bicyclic) bond motifs is 1. The minimum absolute atomic E-state index is 0.327. The Labute approximate surface area is 159 Å². The molecule has 0 spiro atoms. The molecule has 0 saturated heterocycles. The maximum Gasteiger partial charge on any atom is 0.260 e. The SMILES string of the molecule is COc1ccccc1C(=O)Nc1c(-c2ccc(F)c(F)c2)nc2ccccn12. The minimum atomic E-state index is -0.989. The van der Waals surface area contributed by atoms with Crippen molar-refractivity contribution >= 4 is 17.4 Å². The summed E-state index contributed by atoms with van der Waals surface area (Å²) >= 11 is 0. The zero-order valence-electron chi connectivity index (χ0n) is 14.8. The maximum absolute atomic E-state index is 13.8. The predicted molar refractivity (Wildman–Crippen MR) is 101 cm³/mol. The average Bonchev–Trinajstić information content (AvgIpc) is 3.08. The first-order valence-corrected chi connectivity index (χ1v) is 8.45. The monoisotopic (exact) mass is 379 g/mol. The number of carbonyl (C=O) groups is 1. The summed E-state index contributed by atoms with van der Waals surface area (Å²) in [6.07, 6.45) is 1.73. The van der Waals surface area contributed by atoms with Crippen molar-refractivity contribution in [3.8, 4) is 17.0 Å². The van der Waals surface area contributed by atoms with Gasteiger partial charge >= 0.3 is 0 Å². The van der Waals surface area contributed by atoms with Crippen LogP contribution in [0.25, 0.3) is 16.9 Å². The van der Waals surface area contributed by atoms with Gasteiger partial charge in [-0.1, -0.05) is 18.2 Å². The van der Waals surface area contributed by atoms with Crippen molar-refractivity contribution in [2.75, 3.05) is 12.4 Å². The fourth-order valence-corrected chi connectivity index (χ4v) is 2.97. The van der Waals surface area contributed by atoms with Gasteiger partial charge in [-0.25, -0.2) is 13.8 Å². The molecule has 0 bridgehead atoms. The number of imidazole rings is 1. The lowest BCUT2D eigenvalue weighted by Gasteiger charge is -2.10. The number of nitrogens with zero attached hydrogens (tertiary/aromatic N) is 2. The number of methoxy groups -OCH3 is 1. The quantitative estimate of drug-likeness (QED) is 0.566. The van der Waals surface area contributed by atoms with E-state index in [1.54, 1.807) is 53.1 Å². The topological polar surface area (TPSA) is 55.6 Å². The fraction of sp³-hybridized carbons (Fsp3) is 0.0476. The Balaban J connectivity index is 1.83. The molecule has 2 aromatic carbocycles. The number of benzene rings is 2. The number of aromatic nitrogens is 2. The third-order valence-corrected chi connectivity index (χ3v) is 4.31. The van der Waals surface area contributed by atoms with Crippen LogP contribution in [0.5, 0.6) is 5.75 Å². The second-order valence-electron chi connectivity index (χ2n) is 6.02. The maximum atomic E-state index is 13.8. The van der Waals surface area contributed by atoms with Gasteiger partial charge in [-0.15, -0.1) is 0 Å². The van der Waals surface area contributed by atoms with E-state index in [2.05, 4.69) is 10.3 Å². The van der Waals surface area contributed by atoms with Crippen molar-refractivity contribution < 1.29 is 18.3 Å². The molecule has 4 rings (SSSR count). The molecule has 0 aliphatic heterocycles. The molecule has 7 heteroatoms. The van der Waals surface area contributed by atoms with Gasteiger partial charge in [-0.2, -0.15) is 0 Å². The Kier molecular flexibility index (Phi) is 4.49. The van der Waals surface area contributed by atoms with Gasteiger partial charge in [0.15, 0.2) is 11.6 Å². The number of amides is 1. The normalized spacial score (nSPS) is 10.8. The average molecular weight is 379 g/mol.